The first-order valence-corrected chi connectivity index (χ1v) is 6.84. The van der Waals surface area contributed by atoms with Crippen LogP contribution >= 0.6 is 11.3 Å². The average Bonchev–Trinajstić information content (AvgIpc) is 2.67. The molecule has 0 aliphatic carbocycles. The second kappa shape index (κ2) is 6.90. The monoisotopic (exact) mass is 278 g/mol. The molecule has 1 amide bonds. The van der Waals surface area contributed by atoms with E-state index in [0.717, 1.165) is 10.6 Å². The number of nitrogens with zero attached hydrogens (tertiary/aromatic N) is 2. The van der Waals surface area contributed by atoms with Gasteiger partial charge in [-0.1, -0.05) is 13.8 Å². The summed E-state index contributed by atoms with van der Waals surface area (Å²) < 4.78 is 0. The van der Waals surface area contributed by atoms with Crippen molar-refractivity contribution in [3.63, 3.8) is 0 Å². The molecule has 0 saturated carbocycles. The Bertz CT molecular complexity index is 506. The van der Waals surface area contributed by atoms with E-state index in [-0.39, 0.29) is 11.5 Å². The highest BCUT2D eigenvalue weighted by Gasteiger charge is 2.09. The maximum atomic E-state index is 11.7. The van der Waals surface area contributed by atoms with Crippen molar-refractivity contribution >= 4 is 22.4 Å². The van der Waals surface area contributed by atoms with Gasteiger partial charge >= 0.3 is 0 Å². The summed E-state index contributed by atoms with van der Waals surface area (Å²) in [7, 11) is 0. The molecule has 0 radical (unpaired) electrons. The Morgan fingerprint density at radius 2 is 2.21 bits per heavy atom. The van der Waals surface area contributed by atoms with E-state index in [1.165, 1.54) is 17.5 Å². The highest BCUT2D eigenvalue weighted by atomic mass is 32.1. The molecule has 0 aliphatic rings. The zero-order valence-electron chi connectivity index (χ0n) is 11.6. The smallest absolute Gasteiger partial charge is 0.263 e. The molecule has 1 rings (SSSR count). The molecule has 2 N–H and O–H groups in total. The molecule has 19 heavy (non-hydrogen) atoms. The van der Waals surface area contributed by atoms with E-state index in [4.69, 9.17) is 5.26 Å². The van der Waals surface area contributed by atoms with Crippen LogP contribution in [-0.2, 0) is 4.79 Å². The number of hydrogen-bond acceptors (Lipinski definition) is 5. The van der Waals surface area contributed by atoms with Crippen LogP contribution in [0.2, 0.25) is 0 Å². The summed E-state index contributed by atoms with van der Waals surface area (Å²) in [6.07, 6.45) is 1.40. The van der Waals surface area contributed by atoms with E-state index in [0.29, 0.717) is 17.6 Å². The number of nitrogens with one attached hydrogen (secondary N) is 2. The van der Waals surface area contributed by atoms with Gasteiger partial charge in [0, 0.05) is 17.6 Å². The first-order valence-electron chi connectivity index (χ1n) is 6.03. The summed E-state index contributed by atoms with van der Waals surface area (Å²) in [6.45, 7) is 8.43. The minimum Gasteiger partial charge on any atom is -0.351 e. The molecule has 0 unspecified atom stereocenters. The van der Waals surface area contributed by atoms with Gasteiger partial charge in [0.05, 0.1) is 5.69 Å². The number of nitriles is 1. The number of thiazole rings is 1. The number of carbonyl (C=O) groups is 1. The normalized spacial score (nSPS) is 11.3. The molecule has 0 aliphatic heterocycles. The number of anilines is 1. The Morgan fingerprint density at radius 1 is 1.53 bits per heavy atom. The predicted molar refractivity (Wildman–Crippen MR) is 76.8 cm³/mol. The summed E-state index contributed by atoms with van der Waals surface area (Å²) in [5, 5.41) is 15.2. The molecule has 0 spiro atoms. The van der Waals surface area contributed by atoms with Gasteiger partial charge in [-0.05, 0) is 19.8 Å². The van der Waals surface area contributed by atoms with Crippen molar-refractivity contribution in [1.29, 1.82) is 5.26 Å². The van der Waals surface area contributed by atoms with Crippen LogP contribution in [0.15, 0.2) is 11.8 Å². The molecule has 0 saturated heterocycles. The van der Waals surface area contributed by atoms with Crippen LogP contribution in [0.25, 0.3) is 0 Å². The zero-order chi connectivity index (χ0) is 14.4. The Kier molecular flexibility index (Phi) is 5.52. The SMILES string of the molecule is Cc1nc(N/C=C(/C#N)C(=O)NCC(C)C)sc1C. The molecule has 5 nitrogen and oxygen atoms in total. The van der Waals surface area contributed by atoms with Crippen LogP contribution in [0.5, 0.6) is 0 Å². The van der Waals surface area contributed by atoms with Crippen LogP contribution in [0, 0.1) is 31.1 Å². The predicted octanol–water partition coefficient (Wildman–Crippen LogP) is 2.35. The number of rotatable bonds is 5. The third-order valence-corrected chi connectivity index (χ3v) is 3.41. The Labute approximate surface area is 117 Å². The number of aryl methyl sites for hydroxylation is 2. The molecule has 102 valence electrons. The van der Waals surface area contributed by atoms with Gasteiger partial charge in [0.2, 0.25) is 0 Å². The topological polar surface area (TPSA) is 77.8 Å². The molecule has 0 fully saturated rings. The van der Waals surface area contributed by atoms with E-state index < -0.39 is 0 Å². The Balaban J connectivity index is 2.67. The van der Waals surface area contributed by atoms with Crippen LogP contribution in [0.1, 0.15) is 24.4 Å². The second-order valence-corrected chi connectivity index (χ2v) is 5.78. The van der Waals surface area contributed by atoms with Gasteiger partial charge in [0.15, 0.2) is 5.13 Å². The summed E-state index contributed by atoms with van der Waals surface area (Å²) in [5.74, 6) is -0.0187. The van der Waals surface area contributed by atoms with Crippen molar-refractivity contribution in [2.45, 2.75) is 27.7 Å². The molecule has 6 heteroatoms. The summed E-state index contributed by atoms with van der Waals surface area (Å²) in [5.41, 5.74) is 0.995. The first kappa shape index (κ1) is 15.2. The fourth-order valence-electron chi connectivity index (χ4n) is 1.21. The maximum Gasteiger partial charge on any atom is 0.263 e. The van der Waals surface area contributed by atoms with Gasteiger partial charge < -0.3 is 10.6 Å². The minimum atomic E-state index is -0.367. The highest BCUT2D eigenvalue weighted by Crippen LogP contribution is 2.21. The van der Waals surface area contributed by atoms with Crippen LogP contribution < -0.4 is 10.6 Å². The summed E-state index contributed by atoms with van der Waals surface area (Å²) >= 11 is 1.49. The lowest BCUT2D eigenvalue weighted by Crippen LogP contribution is -2.28. The number of hydrogen-bond donors (Lipinski definition) is 2. The maximum absolute atomic E-state index is 11.7. The summed E-state index contributed by atoms with van der Waals surface area (Å²) in [4.78, 5) is 17.1. The van der Waals surface area contributed by atoms with Gasteiger partial charge in [-0.3, -0.25) is 4.79 Å². The lowest BCUT2D eigenvalue weighted by molar-refractivity contribution is -0.117. The minimum absolute atomic E-state index is 0.0474. The lowest BCUT2D eigenvalue weighted by Gasteiger charge is -2.06. The number of carbonyl (C=O) groups excluding carboxylic acids is 1. The first-order chi connectivity index (χ1) is 8.93. The van der Waals surface area contributed by atoms with Crippen molar-refractivity contribution < 1.29 is 4.79 Å². The largest absolute Gasteiger partial charge is 0.351 e. The number of aromatic nitrogens is 1. The van der Waals surface area contributed by atoms with Gasteiger partial charge in [-0.15, -0.1) is 11.3 Å². The van der Waals surface area contributed by atoms with Crippen molar-refractivity contribution in [3.05, 3.63) is 22.3 Å². The van der Waals surface area contributed by atoms with Gasteiger partial charge in [-0.25, -0.2) is 4.98 Å². The third kappa shape index (κ3) is 4.72. The van der Waals surface area contributed by atoms with Crippen LogP contribution in [0.3, 0.4) is 0 Å². The zero-order valence-corrected chi connectivity index (χ0v) is 12.4. The Hall–Kier alpha value is -1.87. The fourth-order valence-corrected chi connectivity index (χ4v) is 1.99. The third-order valence-electron chi connectivity index (χ3n) is 2.40. The fraction of sp³-hybridized carbons (Fsp3) is 0.462. The van der Waals surface area contributed by atoms with E-state index in [1.54, 1.807) is 0 Å². The molecule has 0 atom stereocenters. The van der Waals surface area contributed by atoms with Gasteiger partial charge in [0.1, 0.15) is 11.6 Å². The molecular formula is C13H18N4OS. The van der Waals surface area contributed by atoms with E-state index >= 15 is 0 Å². The standard InChI is InChI=1S/C13H18N4OS/c1-8(2)6-15-12(18)11(5-14)7-16-13-17-9(3)10(4)19-13/h7-8H,6H2,1-4H3,(H,15,18)(H,16,17)/b11-7-. The van der Waals surface area contributed by atoms with Crippen molar-refractivity contribution in [2.24, 2.45) is 5.92 Å². The molecule has 1 aromatic heterocycles. The van der Waals surface area contributed by atoms with Crippen LogP contribution in [-0.4, -0.2) is 17.4 Å². The molecule has 0 bridgehead atoms. The second-order valence-electron chi connectivity index (χ2n) is 4.58. The molecule has 1 aromatic rings. The molecular weight excluding hydrogens is 260 g/mol. The van der Waals surface area contributed by atoms with Gasteiger partial charge in [-0.2, -0.15) is 5.26 Å². The van der Waals surface area contributed by atoms with E-state index in [2.05, 4.69) is 15.6 Å². The van der Waals surface area contributed by atoms with Crippen LogP contribution in [0.4, 0.5) is 5.13 Å². The molecule has 1 heterocycles. The van der Waals surface area contributed by atoms with Crippen molar-refractivity contribution in [3.8, 4) is 6.07 Å². The summed E-state index contributed by atoms with van der Waals surface area (Å²) in [6, 6.07) is 1.88. The quantitative estimate of drug-likeness (QED) is 0.640. The van der Waals surface area contributed by atoms with Gasteiger partial charge in [0.25, 0.3) is 5.91 Å². The van der Waals surface area contributed by atoms with Crippen molar-refractivity contribution in [2.75, 3.05) is 11.9 Å². The average molecular weight is 278 g/mol. The Morgan fingerprint density at radius 3 is 2.68 bits per heavy atom. The van der Waals surface area contributed by atoms with E-state index in [1.807, 2.05) is 33.8 Å². The highest BCUT2D eigenvalue weighted by molar-refractivity contribution is 7.15. The lowest BCUT2D eigenvalue weighted by atomic mass is 10.2. The van der Waals surface area contributed by atoms with E-state index in [9.17, 15) is 4.79 Å². The number of amides is 1. The molecule has 0 aromatic carbocycles. The van der Waals surface area contributed by atoms with Crippen molar-refractivity contribution in [1.82, 2.24) is 10.3 Å².